The molecule has 2 N–H and O–H groups in total. The third-order valence-corrected chi connectivity index (χ3v) is 4.37. The van der Waals surface area contributed by atoms with Crippen LogP contribution in [0.5, 0.6) is 0 Å². The molecule has 0 unspecified atom stereocenters. The SMILES string of the molecule is CC(C)n1nc(-c2ccccc2)cc1NC(=O)N[C@H](C)C[S@](C)=O. The minimum absolute atomic E-state index is 0.110. The Hall–Kier alpha value is -2.15. The summed E-state index contributed by atoms with van der Waals surface area (Å²) in [7, 11) is -0.951. The van der Waals surface area contributed by atoms with Crippen LogP contribution < -0.4 is 10.6 Å². The first-order valence-corrected chi connectivity index (χ1v) is 9.62. The number of urea groups is 1. The van der Waals surface area contributed by atoms with E-state index in [2.05, 4.69) is 15.7 Å². The number of benzene rings is 1. The van der Waals surface area contributed by atoms with Gasteiger partial charge in [-0.25, -0.2) is 9.48 Å². The van der Waals surface area contributed by atoms with Crippen molar-refractivity contribution in [3.8, 4) is 11.3 Å². The Kier molecular flexibility index (Phi) is 6.14. The van der Waals surface area contributed by atoms with Crippen molar-refractivity contribution in [2.45, 2.75) is 32.9 Å². The van der Waals surface area contributed by atoms with Crippen molar-refractivity contribution in [2.75, 3.05) is 17.3 Å². The summed E-state index contributed by atoms with van der Waals surface area (Å²) in [5.74, 6) is 1.05. The van der Waals surface area contributed by atoms with Gasteiger partial charge in [0.15, 0.2) is 0 Å². The predicted octanol–water partition coefficient (Wildman–Crippen LogP) is 3.02. The Labute approximate surface area is 145 Å². The van der Waals surface area contributed by atoms with Gasteiger partial charge in [-0.1, -0.05) is 30.3 Å². The van der Waals surface area contributed by atoms with Gasteiger partial charge in [0, 0.05) is 46.5 Å². The number of anilines is 1. The van der Waals surface area contributed by atoms with Gasteiger partial charge in [0.25, 0.3) is 0 Å². The van der Waals surface area contributed by atoms with Crippen molar-refractivity contribution >= 4 is 22.6 Å². The number of rotatable bonds is 6. The van der Waals surface area contributed by atoms with Gasteiger partial charge in [0.1, 0.15) is 5.82 Å². The summed E-state index contributed by atoms with van der Waals surface area (Å²) in [5, 5.41) is 10.2. The van der Waals surface area contributed by atoms with E-state index >= 15 is 0 Å². The first kappa shape index (κ1) is 18.2. The highest BCUT2D eigenvalue weighted by Gasteiger charge is 2.15. The van der Waals surface area contributed by atoms with Gasteiger partial charge in [-0.05, 0) is 20.8 Å². The molecule has 0 aliphatic carbocycles. The molecule has 1 aromatic carbocycles. The second-order valence-corrected chi connectivity index (χ2v) is 7.54. The van der Waals surface area contributed by atoms with Gasteiger partial charge >= 0.3 is 6.03 Å². The van der Waals surface area contributed by atoms with Crippen LogP contribution in [0.2, 0.25) is 0 Å². The summed E-state index contributed by atoms with van der Waals surface area (Å²) in [5.41, 5.74) is 1.80. The number of nitrogens with zero attached hydrogens (tertiary/aromatic N) is 2. The van der Waals surface area contributed by atoms with Crippen molar-refractivity contribution in [3.63, 3.8) is 0 Å². The number of hydrogen-bond donors (Lipinski definition) is 2. The van der Waals surface area contributed by atoms with E-state index in [1.807, 2.05) is 57.2 Å². The summed E-state index contributed by atoms with van der Waals surface area (Å²) in [4.78, 5) is 12.2. The Bertz CT molecular complexity index is 713. The third kappa shape index (κ3) is 4.92. The lowest BCUT2D eigenvalue weighted by Crippen LogP contribution is -2.39. The van der Waals surface area contributed by atoms with E-state index in [4.69, 9.17) is 0 Å². The fourth-order valence-electron chi connectivity index (χ4n) is 2.40. The fraction of sp³-hybridized carbons (Fsp3) is 0.412. The molecule has 0 bridgehead atoms. The molecule has 0 radical (unpaired) electrons. The van der Waals surface area contributed by atoms with Crippen molar-refractivity contribution in [1.82, 2.24) is 15.1 Å². The molecule has 2 atom stereocenters. The highest BCUT2D eigenvalue weighted by Crippen LogP contribution is 2.24. The van der Waals surface area contributed by atoms with E-state index in [-0.39, 0.29) is 18.1 Å². The molecule has 0 saturated carbocycles. The van der Waals surface area contributed by atoms with E-state index in [0.29, 0.717) is 11.6 Å². The molecule has 7 heteroatoms. The normalized spacial score (nSPS) is 13.5. The van der Waals surface area contributed by atoms with Crippen LogP contribution in [-0.4, -0.2) is 38.1 Å². The van der Waals surface area contributed by atoms with Crippen LogP contribution in [0.1, 0.15) is 26.8 Å². The molecule has 130 valence electrons. The summed E-state index contributed by atoms with van der Waals surface area (Å²) >= 11 is 0. The van der Waals surface area contributed by atoms with E-state index in [1.54, 1.807) is 10.9 Å². The average molecular weight is 348 g/mol. The molecule has 24 heavy (non-hydrogen) atoms. The lowest BCUT2D eigenvalue weighted by atomic mass is 10.2. The van der Waals surface area contributed by atoms with Gasteiger partial charge < -0.3 is 5.32 Å². The van der Waals surface area contributed by atoms with Crippen LogP contribution in [0.25, 0.3) is 11.3 Å². The first-order chi connectivity index (χ1) is 11.4. The standard InChI is InChI=1S/C17H24N4O2S/c1-12(2)21-16(19-17(22)18-13(3)11-24(4)23)10-15(20-21)14-8-6-5-7-9-14/h5-10,12-13H,11H2,1-4H3,(H2,18,19,22)/t13-,24+/m1/s1. The topological polar surface area (TPSA) is 76.0 Å². The molecule has 2 aromatic rings. The second kappa shape index (κ2) is 8.10. The minimum Gasteiger partial charge on any atom is -0.334 e. The van der Waals surface area contributed by atoms with Crippen LogP contribution in [0.15, 0.2) is 36.4 Å². The number of aromatic nitrogens is 2. The van der Waals surface area contributed by atoms with Crippen molar-refractivity contribution in [3.05, 3.63) is 36.4 Å². The van der Waals surface area contributed by atoms with Gasteiger partial charge in [0.05, 0.1) is 5.69 Å². The number of carbonyl (C=O) groups is 1. The van der Waals surface area contributed by atoms with Crippen LogP contribution >= 0.6 is 0 Å². The molecule has 1 aromatic heterocycles. The largest absolute Gasteiger partial charge is 0.334 e. The summed E-state index contributed by atoms with van der Waals surface area (Å²) < 4.78 is 13.0. The average Bonchev–Trinajstić information content (AvgIpc) is 2.91. The molecule has 0 aliphatic heterocycles. The van der Waals surface area contributed by atoms with Crippen LogP contribution in [-0.2, 0) is 10.8 Å². The molecule has 2 amide bonds. The fourth-order valence-corrected chi connectivity index (χ4v) is 3.19. The Morgan fingerprint density at radius 1 is 1.25 bits per heavy atom. The van der Waals surface area contributed by atoms with Gasteiger partial charge in [-0.3, -0.25) is 9.53 Å². The zero-order chi connectivity index (χ0) is 17.7. The Morgan fingerprint density at radius 2 is 1.92 bits per heavy atom. The minimum atomic E-state index is -0.951. The molecular weight excluding hydrogens is 324 g/mol. The van der Waals surface area contributed by atoms with Crippen LogP contribution in [0.4, 0.5) is 10.6 Å². The molecule has 2 rings (SSSR count). The van der Waals surface area contributed by atoms with E-state index < -0.39 is 10.8 Å². The molecule has 0 saturated heterocycles. The van der Waals surface area contributed by atoms with Crippen molar-refractivity contribution in [2.24, 2.45) is 0 Å². The smallest absolute Gasteiger partial charge is 0.320 e. The number of carbonyl (C=O) groups excluding carboxylic acids is 1. The second-order valence-electron chi connectivity index (χ2n) is 6.06. The maximum atomic E-state index is 12.2. The quantitative estimate of drug-likeness (QED) is 0.842. The summed E-state index contributed by atoms with van der Waals surface area (Å²) in [6.45, 7) is 5.84. The van der Waals surface area contributed by atoms with E-state index in [0.717, 1.165) is 11.3 Å². The Balaban J connectivity index is 2.15. The lowest BCUT2D eigenvalue weighted by molar-refractivity contribution is 0.250. The summed E-state index contributed by atoms with van der Waals surface area (Å²) in [6, 6.07) is 11.3. The number of amides is 2. The molecule has 0 aliphatic rings. The maximum absolute atomic E-state index is 12.2. The molecular formula is C17H24N4O2S. The highest BCUT2D eigenvalue weighted by molar-refractivity contribution is 7.84. The number of hydrogen-bond acceptors (Lipinski definition) is 3. The van der Waals surface area contributed by atoms with Crippen LogP contribution in [0, 0.1) is 0 Å². The van der Waals surface area contributed by atoms with E-state index in [9.17, 15) is 9.00 Å². The van der Waals surface area contributed by atoms with Gasteiger partial charge in [-0.2, -0.15) is 5.10 Å². The van der Waals surface area contributed by atoms with Crippen LogP contribution in [0.3, 0.4) is 0 Å². The maximum Gasteiger partial charge on any atom is 0.320 e. The molecule has 0 spiro atoms. The summed E-state index contributed by atoms with van der Waals surface area (Å²) in [6.07, 6.45) is 1.62. The van der Waals surface area contributed by atoms with Gasteiger partial charge in [0.2, 0.25) is 0 Å². The van der Waals surface area contributed by atoms with Gasteiger partial charge in [-0.15, -0.1) is 0 Å². The molecule has 1 heterocycles. The zero-order valence-corrected chi connectivity index (χ0v) is 15.3. The van der Waals surface area contributed by atoms with E-state index in [1.165, 1.54) is 0 Å². The molecule has 0 fully saturated rings. The zero-order valence-electron chi connectivity index (χ0n) is 14.4. The highest BCUT2D eigenvalue weighted by atomic mass is 32.2. The Morgan fingerprint density at radius 3 is 2.50 bits per heavy atom. The van der Waals surface area contributed by atoms with Crippen molar-refractivity contribution < 1.29 is 9.00 Å². The third-order valence-electron chi connectivity index (χ3n) is 3.40. The lowest BCUT2D eigenvalue weighted by Gasteiger charge is -2.15. The molecule has 6 nitrogen and oxygen atoms in total. The monoisotopic (exact) mass is 348 g/mol. The number of nitrogens with one attached hydrogen (secondary N) is 2. The predicted molar refractivity (Wildman–Crippen MR) is 98.6 cm³/mol. The first-order valence-electron chi connectivity index (χ1n) is 7.89. The van der Waals surface area contributed by atoms with Crippen molar-refractivity contribution in [1.29, 1.82) is 0 Å².